The van der Waals surface area contributed by atoms with Gasteiger partial charge in [-0.15, -0.1) is 31.6 Å². The van der Waals surface area contributed by atoms with Gasteiger partial charge in [0.25, 0.3) is 10.2 Å². The van der Waals surface area contributed by atoms with Gasteiger partial charge in [-0.3, -0.25) is 10.3 Å². The van der Waals surface area contributed by atoms with Crippen LogP contribution in [0.5, 0.6) is 0 Å². The number of nitrogens with one attached hydrogen (secondary N) is 2. The highest BCUT2D eigenvalue weighted by Crippen LogP contribution is 2.21. The second kappa shape index (κ2) is 13.6. The third kappa shape index (κ3) is 11.3. The fourth-order valence-electron chi connectivity index (χ4n) is 1.71. The van der Waals surface area contributed by atoms with Crippen molar-refractivity contribution in [3.8, 4) is 6.19 Å². The standard InChI is InChI=1S/C12H18N10O6S2/c13-7-18-11(17-3-9(28-22(25)26)4-27-21(23)24)16-1-2-29-5-8-6-30-12(19-8)20-10(14)15/h6,9H,1-5H2,(H2,16,17,18)(H4,14,15,19,20). The molecule has 1 atom stereocenters. The van der Waals surface area contributed by atoms with Crippen LogP contribution in [0.2, 0.25) is 0 Å². The first-order valence-electron chi connectivity index (χ1n) is 7.93. The van der Waals surface area contributed by atoms with E-state index in [0.717, 1.165) is 5.69 Å². The summed E-state index contributed by atoms with van der Waals surface area (Å²) in [5.41, 5.74) is 11.4. The second-order valence-corrected chi connectivity index (χ2v) is 6.98. The summed E-state index contributed by atoms with van der Waals surface area (Å²) in [6, 6.07) is 0. The number of guanidine groups is 2. The highest BCUT2D eigenvalue weighted by Gasteiger charge is 2.16. The molecule has 0 aliphatic rings. The molecule has 0 spiro atoms. The Morgan fingerprint density at radius 3 is 2.83 bits per heavy atom. The average molecular weight is 462 g/mol. The minimum atomic E-state index is -1.32. The minimum Gasteiger partial charge on any atom is -0.370 e. The molecule has 0 aliphatic heterocycles. The van der Waals surface area contributed by atoms with Crippen molar-refractivity contribution in [3.05, 3.63) is 31.3 Å². The van der Waals surface area contributed by atoms with Crippen LogP contribution in [0.4, 0.5) is 5.13 Å². The Balaban J connectivity index is 2.45. The maximum atomic E-state index is 10.4. The maximum Gasteiger partial charge on any atom is 0.294 e. The summed E-state index contributed by atoms with van der Waals surface area (Å²) in [7, 11) is 0. The minimum absolute atomic E-state index is 0.0276. The molecule has 1 aromatic heterocycles. The molecule has 30 heavy (non-hydrogen) atoms. The van der Waals surface area contributed by atoms with Crippen LogP contribution in [0.3, 0.4) is 0 Å². The van der Waals surface area contributed by atoms with E-state index in [0.29, 0.717) is 23.2 Å². The number of aliphatic imine (C=N–C) groups is 2. The summed E-state index contributed by atoms with van der Waals surface area (Å²) in [6.45, 7) is -0.650. The van der Waals surface area contributed by atoms with E-state index in [4.69, 9.17) is 16.7 Å². The van der Waals surface area contributed by atoms with Crippen LogP contribution in [0.25, 0.3) is 0 Å². The SMILES string of the molecule is N#CNC(=NCC(CO[N+](=O)[O-])O[N+](=O)[O-])NCCSCc1csc(N=C(N)N)n1. The van der Waals surface area contributed by atoms with Gasteiger partial charge >= 0.3 is 0 Å². The normalized spacial score (nSPS) is 11.6. The molecule has 0 radical (unpaired) electrons. The van der Waals surface area contributed by atoms with Crippen LogP contribution in [-0.4, -0.2) is 58.6 Å². The van der Waals surface area contributed by atoms with Crippen LogP contribution < -0.4 is 22.1 Å². The zero-order chi connectivity index (χ0) is 22.4. The summed E-state index contributed by atoms with van der Waals surface area (Å²) < 4.78 is 0. The largest absolute Gasteiger partial charge is 0.370 e. The lowest BCUT2D eigenvalue weighted by atomic mass is 10.4. The van der Waals surface area contributed by atoms with Crippen molar-refractivity contribution in [2.45, 2.75) is 11.9 Å². The van der Waals surface area contributed by atoms with Crippen molar-refractivity contribution in [2.75, 3.05) is 25.4 Å². The second-order valence-electron chi connectivity index (χ2n) is 5.03. The number of thiazole rings is 1. The molecule has 6 N–H and O–H groups in total. The Bertz CT molecular complexity index is 806. The number of rotatable bonds is 13. The summed E-state index contributed by atoms with van der Waals surface area (Å²) in [5.74, 6) is 1.17. The topological polar surface area (TPSA) is 242 Å². The number of thioether (sulfide) groups is 1. The van der Waals surface area contributed by atoms with Gasteiger partial charge in [0.2, 0.25) is 11.1 Å². The smallest absolute Gasteiger partial charge is 0.294 e. The highest BCUT2D eigenvalue weighted by molar-refractivity contribution is 7.98. The van der Waals surface area contributed by atoms with Crippen molar-refractivity contribution < 1.29 is 19.8 Å². The Morgan fingerprint density at radius 1 is 1.43 bits per heavy atom. The summed E-state index contributed by atoms with van der Waals surface area (Å²) in [4.78, 5) is 41.0. The molecule has 164 valence electrons. The number of nitrogens with two attached hydrogens (primary N) is 2. The molecular weight excluding hydrogens is 444 g/mol. The number of hydrogen-bond donors (Lipinski definition) is 4. The third-order valence-corrected chi connectivity index (χ3v) is 4.56. The Hall–Kier alpha value is -3.59. The number of hydrogen-bond acceptors (Lipinski definition) is 12. The van der Waals surface area contributed by atoms with Crippen molar-refractivity contribution in [1.29, 1.82) is 5.26 Å². The summed E-state index contributed by atoms with van der Waals surface area (Å²) in [6.07, 6.45) is 0.343. The van der Waals surface area contributed by atoms with Gasteiger partial charge in [-0.1, -0.05) is 0 Å². The molecule has 0 aliphatic carbocycles. The quantitative estimate of drug-likeness (QED) is 0.0527. The first-order chi connectivity index (χ1) is 14.3. The molecular formula is C12H18N10O6S2. The van der Waals surface area contributed by atoms with Crippen LogP contribution >= 0.6 is 23.1 Å². The highest BCUT2D eigenvalue weighted by atomic mass is 32.2. The molecule has 0 saturated carbocycles. The third-order valence-electron chi connectivity index (χ3n) is 2.78. The van der Waals surface area contributed by atoms with Crippen molar-refractivity contribution in [2.24, 2.45) is 21.5 Å². The van der Waals surface area contributed by atoms with Crippen molar-refractivity contribution >= 4 is 40.1 Å². The Labute approximate surface area is 177 Å². The number of aromatic nitrogens is 1. The molecule has 1 heterocycles. The Kier molecular flexibility index (Phi) is 11.1. The zero-order valence-corrected chi connectivity index (χ0v) is 16.9. The fourth-order valence-corrected chi connectivity index (χ4v) is 3.27. The molecule has 16 nitrogen and oxygen atoms in total. The van der Waals surface area contributed by atoms with E-state index in [9.17, 15) is 20.2 Å². The van der Waals surface area contributed by atoms with Gasteiger partial charge in [-0.25, -0.2) is 4.98 Å². The van der Waals surface area contributed by atoms with E-state index >= 15 is 0 Å². The molecule has 0 bridgehead atoms. The van der Waals surface area contributed by atoms with E-state index in [2.05, 4.69) is 35.3 Å². The predicted octanol–water partition coefficient (Wildman–Crippen LogP) is -0.917. The molecule has 0 amide bonds. The molecule has 0 saturated heterocycles. The molecule has 1 aromatic rings. The molecule has 1 rings (SSSR count). The first kappa shape index (κ1) is 24.4. The number of nitriles is 1. The van der Waals surface area contributed by atoms with Gasteiger partial charge in [0.1, 0.15) is 6.61 Å². The summed E-state index contributed by atoms with van der Waals surface area (Å²) >= 11 is 2.85. The summed E-state index contributed by atoms with van der Waals surface area (Å²) in [5, 5.41) is 34.6. The van der Waals surface area contributed by atoms with Gasteiger partial charge in [0.15, 0.2) is 18.3 Å². The predicted molar refractivity (Wildman–Crippen MR) is 108 cm³/mol. The first-order valence-corrected chi connectivity index (χ1v) is 9.97. The number of nitrogens with zero attached hydrogens (tertiary/aromatic N) is 6. The van der Waals surface area contributed by atoms with Crippen LogP contribution in [0.15, 0.2) is 15.4 Å². The monoisotopic (exact) mass is 462 g/mol. The van der Waals surface area contributed by atoms with Crippen molar-refractivity contribution in [1.82, 2.24) is 15.6 Å². The van der Waals surface area contributed by atoms with Crippen molar-refractivity contribution in [3.63, 3.8) is 0 Å². The van der Waals surface area contributed by atoms with Gasteiger partial charge in [-0.2, -0.15) is 22.0 Å². The van der Waals surface area contributed by atoms with E-state index in [1.165, 1.54) is 23.1 Å². The molecule has 18 heteroatoms. The van der Waals surface area contributed by atoms with E-state index < -0.39 is 22.9 Å². The lowest BCUT2D eigenvalue weighted by molar-refractivity contribution is -0.789. The van der Waals surface area contributed by atoms with Crippen LogP contribution in [0, 0.1) is 31.7 Å². The van der Waals surface area contributed by atoms with Gasteiger partial charge in [-0.05, 0) is 0 Å². The van der Waals surface area contributed by atoms with Crippen LogP contribution in [-0.2, 0) is 15.4 Å². The average Bonchev–Trinajstić information content (AvgIpc) is 3.09. The fraction of sp³-hybridized carbons (Fsp3) is 0.500. The Morgan fingerprint density at radius 2 is 2.20 bits per heavy atom. The molecule has 1 unspecified atom stereocenters. The molecule has 0 aromatic carbocycles. The maximum absolute atomic E-state index is 10.4. The lowest BCUT2D eigenvalue weighted by Crippen LogP contribution is -2.37. The lowest BCUT2D eigenvalue weighted by Gasteiger charge is -2.12. The van der Waals surface area contributed by atoms with E-state index in [1.807, 2.05) is 5.38 Å². The van der Waals surface area contributed by atoms with Gasteiger partial charge in [0, 0.05) is 23.4 Å². The molecule has 0 fully saturated rings. The van der Waals surface area contributed by atoms with E-state index in [-0.39, 0.29) is 18.5 Å². The van der Waals surface area contributed by atoms with E-state index in [1.54, 1.807) is 6.19 Å². The van der Waals surface area contributed by atoms with Gasteiger partial charge < -0.3 is 26.5 Å². The van der Waals surface area contributed by atoms with Gasteiger partial charge in [0.05, 0.1) is 12.2 Å². The van der Waals surface area contributed by atoms with Crippen LogP contribution in [0.1, 0.15) is 5.69 Å². The zero-order valence-electron chi connectivity index (χ0n) is 15.3.